The van der Waals surface area contributed by atoms with Crippen molar-refractivity contribution in [3.8, 4) is 0 Å². The van der Waals surface area contributed by atoms with Gasteiger partial charge in [-0.05, 0) is 87.7 Å². The van der Waals surface area contributed by atoms with Gasteiger partial charge in [-0.15, -0.1) is 24.8 Å². The maximum Gasteiger partial charge on any atom is 0.0960 e. The zero-order valence-electron chi connectivity index (χ0n) is 19.2. The van der Waals surface area contributed by atoms with Gasteiger partial charge in [0.25, 0.3) is 0 Å². The number of halogens is 2. The number of nitrogens with one attached hydrogen (secondary N) is 1. The number of hydrogen-bond donors (Lipinski definition) is 1. The Bertz CT molecular complexity index is 1020. The summed E-state index contributed by atoms with van der Waals surface area (Å²) in [5.74, 6) is 0. The van der Waals surface area contributed by atoms with Gasteiger partial charge in [-0.1, -0.05) is 42.5 Å². The molecule has 4 heterocycles. The van der Waals surface area contributed by atoms with Crippen molar-refractivity contribution in [2.24, 2.45) is 0 Å². The minimum absolute atomic E-state index is 0. The van der Waals surface area contributed by atoms with Crippen LogP contribution in [0.4, 0.5) is 0 Å². The highest BCUT2D eigenvalue weighted by Crippen LogP contribution is 2.44. The molecule has 1 N–H and O–H groups in total. The van der Waals surface area contributed by atoms with E-state index in [0.29, 0.717) is 11.5 Å². The smallest absolute Gasteiger partial charge is 0.0960 e. The molecular formula is C27H36Cl2N4. The second kappa shape index (κ2) is 10.4. The lowest BCUT2D eigenvalue weighted by Crippen LogP contribution is -2.47. The van der Waals surface area contributed by atoms with Crippen LogP contribution in [0.5, 0.6) is 0 Å². The lowest BCUT2D eigenvalue weighted by atomic mass is 9.70. The maximum absolute atomic E-state index is 4.67. The second-order valence-corrected chi connectivity index (χ2v) is 10.0. The standard InChI is InChI=1S/C27H34N4.2ClH/c1-2-6-21(7-3-1)27(12-15-28-16-13-27)14-17-30-22-10-11-23(30)19-24(18-22)31-20-29-25-8-4-5-9-26(25)31;;/h1-9,20,22-24,28H,10-19H2;2*1H/t22-,23+,24?;;. The molecular weight excluding hydrogens is 451 g/mol. The number of fused-ring (bicyclic) bond motifs is 3. The summed E-state index contributed by atoms with van der Waals surface area (Å²) in [6, 6.07) is 22.0. The van der Waals surface area contributed by atoms with Crippen LogP contribution in [0.2, 0.25) is 0 Å². The molecule has 3 aliphatic heterocycles. The first-order valence-electron chi connectivity index (χ1n) is 12.3. The highest BCUT2D eigenvalue weighted by molar-refractivity contribution is 5.85. The fraction of sp³-hybridized carbons (Fsp3) is 0.519. The molecule has 6 heteroatoms. The van der Waals surface area contributed by atoms with Crippen molar-refractivity contribution in [3.63, 3.8) is 0 Å². The molecule has 0 saturated carbocycles. The summed E-state index contributed by atoms with van der Waals surface area (Å²) in [6.07, 6.45) is 11.2. The number of nitrogens with zero attached hydrogens (tertiary/aromatic N) is 3. The van der Waals surface area contributed by atoms with Crippen LogP contribution in [-0.2, 0) is 5.41 Å². The molecule has 2 aromatic carbocycles. The molecule has 3 atom stereocenters. The van der Waals surface area contributed by atoms with E-state index >= 15 is 0 Å². The van der Waals surface area contributed by atoms with Crippen LogP contribution in [0.3, 0.4) is 0 Å². The number of para-hydroxylation sites is 2. The fourth-order valence-electron chi connectivity index (χ4n) is 6.83. The molecule has 0 radical (unpaired) electrons. The van der Waals surface area contributed by atoms with Crippen LogP contribution in [0.25, 0.3) is 11.0 Å². The van der Waals surface area contributed by atoms with E-state index in [4.69, 9.17) is 0 Å². The largest absolute Gasteiger partial charge is 0.327 e. The first-order chi connectivity index (χ1) is 15.3. The molecule has 2 bridgehead atoms. The zero-order valence-corrected chi connectivity index (χ0v) is 20.9. The molecule has 3 aromatic rings. The van der Waals surface area contributed by atoms with Crippen LogP contribution in [0.1, 0.15) is 56.6 Å². The summed E-state index contributed by atoms with van der Waals surface area (Å²) in [7, 11) is 0. The van der Waals surface area contributed by atoms with E-state index in [1.807, 2.05) is 0 Å². The van der Waals surface area contributed by atoms with Gasteiger partial charge in [0.1, 0.15) is 0 Å². The lowest BCUT2D eigenvalue weighted by molar-refractivity contribution is 0.0934. The van der Waals surface area contributed by atoms with Gasteiger partial charge >= 0.3 is 0 Å². The summed E-state index contributed by atoms with van der Waals surface area (Å²) in [5.41, 5.74) is 4.35. The number of aromatic nitrogens is 2. The summed E-state index contributed by atoms with van der Waals surface area (Å²) in [4.78, 5) is 7.56. The third-order valence-electron chi connectivity index (χ3n) is 8.53. The van der Waals surface area contributed by atoms with Gasteiger partial charge < -0.3 is 9.88 Å². The Morgan fingerprint density at radius 3 is 2.24 bits per heavy atom. The van der Waals surface area contributed by atoms with Crippen LogP contribution < -0.4 is 5.32 Å². The van der Waals surface area contributed by atoms with Gasteiger partial charge in [-0.3, -0.25) is 4.90 Å². The molecule has 0 aliphatic carbocycles. The molecule has 0 spiro atoms. The average molecular weight is 488 g/mol. The van der Waals surface area contributed by atoms with E-state index < -0.39 is 0 Å². The predicted octanol–water partition coefficient (Wildman–Crippen LogP) is 5.76. The summed E-state index contributed by atoms with van der Waals surface area (Å²) >= 11 is 0. The van der Waals surface area contributed by atoms with Crippen molar-refractivity contribution in [2.45, 2.75) is 68.5 Å². The summed E-state index contributed by atoms with van der Waals surface area (Å²) in [5, 5.41) is 3.59. The first kappa shape index (κ1) is 24.5. The molecule has 3 saturated heterocycles. The molecule has 0 amide bonds. The minimum atomic E-state index is 0. The Labute approximate surface area is 210 Å². The Morgan fingerprint density at radius 1 is 0.848 bits per heavy atom. The van der Waals surface area contributed by atoms with Crippen molar-refractivity contribution in [1.29, 1.82) is 0 Å². The minimum Gasteiger partial charge on any atom is -0.327 e. The number of rotatable bonds is 5. The molecule has 1 aromatic heterocycles. The van der Waals surface area contributed by atoms with E-state index in [9.17, 15) is 0 Å². The van der Waals surface area contributed by atoms with Gasteiger partial charge in [0.05, 0.1) is 17.4 Å². The number of hydrogen-bond acceptors (Lipinski definition) is 3. The van der Waals surface area contributed by atoms with E-state index in [0.717, 1.165) is 30.7 Å². The van der Waals surface area contributed by atoms with Crippen LogP contribution in [-0.4, -0.2) is 46.2 Å². The molecule has 33 heavy (non-hydrogen) atoms. The van der Waals surface area contributed by atoms with E-state index in [1.165, 1.54) is 57.0 Å². The van der Waals surface area contributed by atoms with E-state index in [1.54, 1.807) is 5.56 Å². The third-order valence-corrected chi connectivity index (χ3v) is 8.53. The van der Waals surface area contributed by atoms with E-state index in [-0.39, 0.29) is 24.8 Å². The highest BCUT2D eigenvalue weighted by atomic mass is 35.5. The fourth-order valence-corrected chi connectivity index (χ4v) is 6.83. The van der Waals surface area contributed by atoms with Crippen molar-refractivity contribution < 1.29 is 0 Å². The van der Waals surface area contributed by atoms with Crippen molar-refractivity contribution >= 4 is 35.8 Å². The zero-order chi connectivity index (χ0) is 20.7. The first-order valence-corrected chi connectivity index (χ1v) is 12.3. The van der Waals surface area contributed by atoms with Gasteiger partial charge in [0, 0.05) is 18.1 Å². The van der Waals surface area contributed by atoms with Gasteiger partial charge in [-0.2, -0.15) is 0 Å². The monoisotopic (exact) mass is 486 g/mol. The number of imidazole rings is 1. The SMILES string of the molecule is Cl.Cl.c1ccc(C2(CCN3[C@@H]4CC[C@H]3CC(n3cnc5ccccc53)C4)CCNCC2)cc1. The van der Waals surface area contributed by atoms with Crippen molar-refractivity contribution in [2.75, 3.05) is 19.6 Å². The van der Waals surface area contributed by atoms with Crippen LogP contribution >= 0.6 is 24.8 Å². The van der Waals surface area contributed by atoms with Gasteiger partial charge in [0.15, 0.2) is 0 Å². The molecule has 1 unspecified atom stereocenters. The number of benzene rings is 2. The van der Waals surface area contributed by atoms with Crippen molar-refractivity contribution in [3.05, 3.63) is 66.5 Å². The van der Waals surface area contributed by atoms with Gasteiger partial charge in [0.2, 0.25) is 0 Å². The predicted molar refractivity (Wildman–Crippen MR) is 141 cm³/mol. The summed E-state index contributed by atoms with van der Waals surface area (Å²) < 4.78 is 2.47. The topological polar surface area (TPSA) is 33.1 Å². The Balaban J connectivity index is 0.00000130. The normalized spacial score (nSPS) is 26.5. The second-order valence-electron chi connectivity index (χ2n) is 10.0. The Morgan fingerprint density at radius 2 is 1.52 bits per heavy atom. The maximum atomic E-state index is 4.67. The molecule has 3 aliphatic rings. The summed E-state index contributed by atoms with van der Waals surface area (Å²) in [6.45, 7) is 3.55. The van der Waals surface area contributed by atoms with Crippen LogP contribution in [0, 0.1) is 0 Å². The number of piperidine rings is 2. The average Bonchev–Trinajstić information content (AvgIpc) is 3.36. The van der Waals surface area contributed by atoms with E-state index in [2.05, 4.69) is 80.7 Å². The third kappa shape index (κ3) is 4.55. The lowest BCUT2D eigenvalue weighted by Gasteiger charge is -2.44. The molecule has 3 fully saturated rings. The van der Waals surface area contributed by atoms with Gasteiger partial charge in [-0.25, -0.2) is 4.98 Å². The highest BCUT2D eigenvalue weighted by Gasteiger charge is 2.43. The van der Waals surface area contributed by atoms with Crippen LogP contribution in [0.15, 0.2) is 60.9 Å². The Hall–Kier alpha value is -1.59. The molecule has 4 nitrogen and oxygen atoms in total. The Kier molecular flexibility index (Phi) is 7.69. The quantitative estimate of drug-likeness (QED) is 0.497. The van der Waals surface area contributed by atoms with Crippen molar-refractivity contribution in [1.82, 2.24) is 19.8 Å². The molecule has 178 valence electrons. The molecule has 6 rings (SSSR count).